The number of hydrogen-bond acceptors (Lipinski definition) is 2. The number of pyridine rings is 1. The monoisotopic (exact) mass is 258 g/mol. The van der Waals surface area contributed by atoms with Gasteiger partial charge in [-0.1, -0.05) is 38.2 Å². The second-order valence-electron chi connectivity index (χ2n) is 6.43. The summed E-state index contributed by atoms with van der Waals surface area (Å²) < 4.78 is 0. The zero-order valence-corrected chi connectivity index (χ0v) is 12.1. The van der Waals surface area contributed by atoms with Gasteiger partial charge in [-0.25, -0.2) is 0 Å². The van der Waals surface area contributed by atoms with Gasteiger partial charge in [0.05, 0.1) is 0 Å². The highest BCUT2D eigenvalue weighted by molar-refractivity contribution is 5.19. The van der Waals surface area contributed by atoms with E-state index in [1.807, 2.05) is 0 Å². The van der Waals surface area contributed by atoms with Gasteiger partial charge in [-0.05, 0) is 50.4 Å². The molecule has 1 saturated carbocycles. The summed E-state index contributed by atoms with van der Waals surface area (Å²) >= 11 is 0. The molecule has 0 radical (unpaired) electrons. The third-order valence-electron chi connectivity index (χ3n) is 4.98. The molecule has 2 aliphatic rings. The fourth-order valence-corrected chi connectivity index (χ4v) is 3.77. The molecule has 0 aromatic carbocycles. The maximum absolute atomic E-state index is 4.73. The van der Waals surface area contributed by atoms with Gasteiger partial charge >= 0.3 is 0 Å². The first-order valence-corrected chi connectivity index (χ1v) is 7.98. The molecule has 0 spiro atoms. The highest BCUT2D eigenvalue weighted by Gasteiger charge is 2.22. The molecule has 0 bridgehead atoms. The summed E-state index contributed by atoms with van der Waals surface area (Å²) in [7, 11) is 2.23. The van der Waals surface area contributed by atoms with Gasteiger partial charge in [0.1, 0.15) is 0 Å². The molecular weight excluding hydrogens is 232 g/mol. The van der Waals surface area contributed by atoms with Crippen LogP contribution in [0.4, 0.5) is 0 Å². The molecule has 1 unspecified atom stereocenters. The number of aromatic nitrogens is 1. The van der Waals surface area contributed by atoms with Crippen molar-refractivity contribution < 1.29 is 0 Å². The second kappa shape index (κ2) is 6.04. The number of rotatable bonds is 3. The van der Waals surface area contributed by atoms with E-state index < -0.39 is 0 Å². The van der Waals surface area contributed by atoms with Gasteiger partial charge in [0.25, 0.3) is 0 Å². The van der Waals surface area contributed by atoms with Gasteiger partial charge in [0.2, 0.25) is 0 Å². The van der Waals surface area contributed by atoms with Gasteiger partial charge in [0.15, 0.2) is 0 Å². The minimum atomic E-state index is 0.608. The zero-order chi connectivity index (χ0) is 13.1. The predicted octanol–water partition coefficient (Wildman–Crippen LogP) is 3.97. The average molecular weight is 258 g/mol. The van der Waals surface area contributed by atoms with Crippen LogP contribution in [0.25, 0.3) is 0 Å². The van der Waals surface area contributed by atoms with E-state index in [0.29, 0.717) is 6.04 Å². The zero-order valence-electron chi connectivity index (χ0n) is 12.1. The Morgan fingerprint density at radius 2 is 1.95 bits per heavy atom. The number of likely N-dealkylation sites (tertiary alicyclic amines) is 1. The molecule has 2 fully saturated rings. The van der Waals surface area contributed by atoms with E-state index in [0.717, 1.165) is 5.92 Å². The largest absolute Gasteiger partial charge is 0.299 e. The quantitative estimate of drug-likeness (QED) is 0.815. The third-order valence-corrected chi connectivity index (χ3v) is 4.98. The minimum absolute atomic E-state index is 0.608. The summed E-state index contributed by atoms with van der Waals surface area (Å²) in [6.45, 7) is 1.23. The van der Waals surface area contributed by atoms with Crippen molar-refractivity contribution in [2.45, 2.75) is 57.4 Å². The van der Waals surface area contributed by atoms with Crippen LogP contribution in [0, 0.1) is 5.92 Å². The van der Waals surface area contributed by atoms with Crippen molar-refractivity contribution in [2.75, 3.05) is 13.6 Å². The van der Waals surface area contributed by atoms with E-state index in [-0.39, 0.29) is 0 Å². The summed E-state index contributed by atoms with van der Waals surface area (Å²) in [4.78, 5) is 7.18. The van der Waals surface area contributed by atoms with Crippen molar-refractivity contribution in [2.24, 2.45) is 5.92 Å². The highest BCUT2D eigenvalue weighted by atomic mass is 15.1. The van der Waals surface area contributed by atoms with Crippen LogP contribution in [0.15, 0.2) is 18.3 Å². The first-order chi connectivity index (χ1) is 9.33. The molecule has 2 heterocycles. The number of nitrogens with zero attached hydrogens (tertiary/aromatic N) is 2. The van der Waals surface area contributed by atoms with E-state index >= 15 is 0 Å². The van der Waals surface area contributed by atoms with E-state index in [1.165, 1.54) is 69.2 Å². The minimum Gasteiger partial charge on any atom is -0.299 e. The Labute approximate surface area is 117 Å². The summed E-state index contributed by atoms with van der Waals surface area (Å²) in [5, 5.41) is 0. The lowest BCUT2D eigenvalue weighted by Gasteiger charge is -2.22. The fourth-order valence-electron chi connectivity index (χ4n) is 3.77. The van der Waals surface area contributed by atoms with Crippen molar-refractivity contribution in [1.29, 1.82) is 0 Å². The van der Waals surface area contributed by atoms with Gasteiger partial charge in [-0.3, -0.25) is 9.88 Å². The Bertz CT molecular complexity index is 392. The van der Waals surface area contributed by atoms with E-state index in [4.69, 9.17) is 4.98 Å². The third kappa shape index (κ3) is 3.17. The highest BCUT2D eigenvalue weighted by Crippen LogP contribution is 2.30. The summed E-state index contributed by atoms with van der Waals surface area (Å²) in [6.07, 6.45) is 13.1. The lowest BCUT2D eigenvalue weighted by molar-refractivity contribution is 0.316. The summed E-state index contributed by atoms with van der Waals surface area (Å²) in [5.74, 6) is 0.890. The first-order valence-electron chi connectivity index (χ1n) is 7.98. The van der Waals surface area contributed by atoms with Crippen LogP contribution < -0.4 is 0 Å². The van der Waals surface area contributed by atoms with Crippen LogP contribution in [0.1, 0.15) is 62.2 Å². The SMILES string of the molecule is CN1CCCC1c1ccc(CC2CCCCC2)nc1. The fraction of sp³-hybridized carbons (Fsp3) is 0.706. The molecule has 1 aliphatic heterocycles. The van der Waals surface area contributed by atoms with E-state index in [9.17, 15) is 0 Å². The second-order valence-corrected chi connectivity index (χ2v) is 6.43. The van der Waals surface area contributed by atoms with Gasteiger partial charge in [-0.2, -0.15) is 0 Å². The van der Waals surface area contributed by atoms with Crippen molar-refractivity contribution in [3.05, 3.63) is 29.6 Å². The molecule has 0 N–H and O–H groups in total. The maximum atomic E-state index is 4.73. The molecule has 1 aliphatic carbocycles. The predicted molar refractivity (Wildman–Crippen MR) is 79.1 cm³/mol. The Morgan fingerprint density at radius 3 is 2.58 bits per heavy atom. The van der Waals surface area contributed by atoms with Crippen molar-refractivity contribution in [3.8, 4) is 0 Å². The van der Waals surface area contributed by atoms with E-state index in [2.05, 4.69) is 30.3 Å². The van der Waals surface area contributed by atoms with Crippen molar-refractivity contribution >= 4 is 0 Å². The lowest BCUT2D eigenvalue weighted by Crippen LogP contribution is -2.17. The molecule has 1 saturated heterocycles. The maximum Gasteiger partial charge on any atom is 0.0406 e. The molecule has 1 atom stereocenters. The van der Waals surface area contributed by atoms with Crippen LogP contribution in [0.5, 0.6) is 0 Å². The molecule has 19 heavy (non-hydrogen) atoms. The van der Waals surface area contributed by atoms with Crippen LogP contribution >= 0.6 is 0 Å². The Morgan fingerprint density at radius 1 is 1.11 bits per heavy atom. The Kier molecular flexibility index (Phi) is 4.17. The molecule has 1 aromatic rings. The van der Waals surface area contributed by atoms with Gasteiger partial charge < -0.3 is 0 Å². The van der Waals surface area contributed by atoms with Crippen LogP contribution in [0.3, 0.4) is 0 Å². The Balaban J connectivity index is 1.61. The average Bonchev–Trinajstić information content (AvgIpc) is 2.87. The van der Waals surface area contributed by atoms with Crippen molar-refractivity contribution in [1.82, 2.24) is 9.88 Å². The topological polar surface area (TPSA) is 16.1 Å². The first kappa shape index (κ1) is 13.1. The van der Waals surface area contributed by atoms with Crippen molar-refractivity contribution in [3.63, 3.8) is 0 Å². The van der Waals surface area contributed by atoms with Crippen LogP contribution in [0.2, 0.25) is 0 Å². The normalized spacial score (nSPS) is 25.8. The number of hydrogen-bond donors (Lipinski definition) is 0. The molecule has 2 nitrogen and oxygen atoms in total. The van der Waals surface area contributed by atoms with Gasteiger partial charge in [-0.15, -0.1) is 0 Å². The molecule has 3 rings (SSSR count). The standard InChI is InChI=1S/C17H26N2/c1-19-11-5-8-17(19)15-9-10-16(18-13-15)12-14-6-3-2-4-7-14/h9-10,13-14,17H,2-8,11-12H2,1H3. The van der Waals surface area contributed by atoms with E-state index in [1.54, 1.807) is 0 Å². The molecule has 104 valence electrons. The Hall–Kier alpha value is -0.890. The summed E-state index contributed by atoms with van der Waals surface area (Å²) in [6, 6.07) is 5.20. The smallest absolute Gasteiger partial charge is 0.0406 e. The molecule has 0 amide bonds. The molecule has 1 aromatic heterocycles. The lowest BCUT2D eigenvalue weighted by atomic mass is 9.86. The summed E-state index contributed by atoms with van der Waals surface area (Å²) in [5.41, 5.74) is 2.71. The molecule has 2 heteroatoms. The molecular formula is C17H26N2. The van der Waals surface area contributed by atoms with Crippen LogP contribution in [-0.4, -0.2) is 23.5 Å². The van der Waals surface area contributed by atoms with Gasteiger partial charge in [0, 0.05) is 17.9 Å². The van der Waals surface area contributed by atoms with Crippen LogP contribution in [-0.2, 0) is 6.42 Å².